The molecule has 6 nitrogen and oxygen atoms in total. The highest BCUT2D eigenvalue weighted by Crippen LogP contribution is 2.43. The molecule has 0 unspecified atom stereocenters. The molecule has 7 heteroatoms. The summed E-state index contributed by atoms with van der Waals surface area (Å²) in [6.07, 6.45) is 4.65. The fourth-order valence-electron chi connectivity index (χ4n) is 1.91. The van der Waals surface area contributed by atoms with Crippen molar-refractivity contribution in [2.45, 2.75) is 30.8 Å². The van der Waals surface area contributed by atoms with Crippen LogP contribution < -0.4 is 0 Å². The molecule has 0 bridgehead atoms. The lowest BCUT2D eigenvalue weighted by Crippen LogP contribution is -2.06. The third-order valence-electron chi connectivity index (χ3n) is 2.99. The van der Waals surface area contributed by atoms with Gasteiger partial charge >= 0.3 is 0 Å². The van der Waals surface area contributed by atoms with Crippen LogP contribution in [0.2, 0.25) is 0 Å². The van der Waals surface area contributed by atoms with Gasteiger partial charge in [-0.1, -0.05) is 5.16 Å². The second-order valence-electron chi connectivity index (χ2n) is 4.83. The third kappa shape index (κ3) is 2.37. The Morgan fingerprint density at radius 3 is 2.63 bits per heavy atom. The normalized spacial score (nSPS) is 15.7. The molecule has 0 atom stereocenters. The SMILES string of the molecule is Cc1cc(-c2cnc(S(C)(=O)=O)nc2C2CC2)on1. The summed E-state index contributed by atoms with van der Waals surface area (Å²) >= 11 is 0. The van der Waals surface area contributed by atoms with Crippen LogP contribution in [0.3, 0.4) is 0 Å². The van der Waals surface area contributed by atoms with Crippen LogP contribution in [0.1, 0.15) is 30.1 Å². The van der Waals surface area contributed by atoms with Crippen molar-refractivity contribution in [3.05, 3.63) is 23.7 Å². The number of aromatic nitrogens is 3. The zero-order valence-electron chi connectivity index (χ0n) is 10.6. The summed E-state index contributed by atoms with van der Waals surface area (Å²) in [6, 6.07) is 1.80. The first-order valence-corrected chi connectivity index (χ1v) is 7.85. The Bertz CT molecular complexity index is 732. The smallest absolute Gasteiger partial charge is 0.247 e. The predicted octanol–water partition coefficient (Wildman–Crippen LogP) is 1.72. The van der Waals surface area contributed by atoms with Crippen LogP contribution in [-0.2, 0) is 9.84 Å². The van der Waals surface area contributed by atoms with Crippen LogP contribution in [0.25, 0.3) is 11.3 Å². The molecule has 1 aliphatic carbocycles. The molecule has 2 aromatic rings. The van der Waals surface area contributed by atoms with Gasteiger partial charge in [-0.15, -0.1) is 0 Å². The van der Waals surface area contributed by atoms with Crippen molar-refractivity contribution < 1.29 is 12.9 Å². The number of sulfone groups is 1. The Morgan fingerprint density at radius 1 is 1.37 bits per heavy atom. The van der Waals surface area contributed by atoms with Gasteiger partial charge in [0.05, 0.1) is 17.0 Å². The van der Waals surface area contributed by atoms with Crippen molar-refractivity contribution in [3.63, 3.8) is 0 Å². The van der Waals surface area contributed by atoms with E-state index >= 15 is 0 Å². The molecule has 2 heterocycles. The van der Waals surface area contributed by atoms with E-state index in [-0.39, 0.29) is 5.16 Å². The number of aryl methyl sites for hydroxylation is 1. The molecule has 1 aliphatic rings. The molecule has 0 aliphatic heterocycles. The first-order valence-electron chi connectivity index (χ1n) is 5.96. The maximum Gasteiger partial charge on any atom is 0.247 e. The number of nitrogens with zero attached hydrogens (tertiary/aromatic N) is 3. The summed E-state index contributed by atoms with van der Waals surface area (Å²) in [7, 11) is -3.39. The zero-order chi connectivity index (χ0) is 13.6. The van der Waals surface area contributed by atoms with E-state index in [1.165, 1.54) is 6.20 Å². The molecule has 0 radical (unpaired) electrons. The molecule has 1 fully saturated rings. The van der Waals surface area contributed by atoms with Crippen molar-refractivity contribution in [3.8, 4) is 11.3 Å². The fourth-order valence-corrected chi connectivity index (χ4v) is 2.41. The average molecular weight is 279 g/mol. The monoisotopic (exact) mass is 279 g/mol. The maximum atomic E-state index is 11.5. The van der Waals surface area contributed by atoms with Crippen LogP contribution in [-0.4, -0.2) is 29.8 Å². The third-order valence-corrected chi connectivity index (χ3v) is 3.85. The van der Waals surface area contributed by atoms with Crippen LogP contribution in [0.4, 0.5) is 0 Å². The van der Waals surface area contributed by atoms with Crippen LogP contribution in [0.15, 0.2) is 21.9 Å². The lowest BCUT2D eigenvalue weighted by atomic mass is 10.1. The van der Waals surface area contributed by atoms with Crippen molar-refractivity contribution in [1.29, 1.82) is 0 Å². The van der Waals surface area contributed by atoms with E-state index in [0.717, 1.165) is 36.0 Å². The summed E-state index contributed by atoms with van der Waals surface area (Å²) in [5, 5.41) is 3.71. The molecular weight excluding hydrogens is 266 g/mol. The molecule has 0 aromatic carbocycles. The average Bonchev–Trinajstić information content (AvgIpc) is 3.10. The first kappa shape index (κ1) is 12.3. The van der Waals surface area contributed by atoms with Gasteiger partial charge in [0.1, 0.15) is 0 Å². The van der Waals surface area contributed by atoms with E-state index in [1.807, 2.05) is 6.92 Å². The van der Waals surface area contributed by atoms with Gasteiger partial charge in [-0.05, 0) is 19.8 Å². The highest BCUT2D eigenvalue weighted by Gasteiger charge is 2.31. The van der Waals surface area contributed by atoms with Crippen molar-refractivity contribution in [2.24, 2.45) is 0 Å². The van der Waals surface area contributed by atoms with Crippen molar-refractivity contribution in [1.82, 2.24) is 15.1 Å². The van der Waals surface area contributed by atoms with Crippen molar-refractivity contribution in [2.75, 3.05) is 6.26 Å². The van der Waals surface area contributed by atoms with E-state index in [1.54, 1.807) is 6.07 Å². The Hall–Kier alpha value is -1.76. The quantitative estimate of drug-likeness (QED) is 0.795. The topological polar surface area (TPSA) is 86.0 Å². The molecule has 0 amide bonds. The molecule has 2 aromatic heterocycles. The second kappa shape index (κ2) is 4.12. The molecule has 0 saturated heterocycles. The molecule has 0 N–H and O–H groups in total. The Balaban J connectivity index is 2.15. The predicted molar refractivity (Wildman–Crippen MR) is 67.4 cm³/mol. The maximum absolute atomic E-state index is 11.5. The standard InChI is InChI=1S/C12H13N3O3S/c1-7-5-10(18-15-7)9-6-13-12(19(2,16)17)14-11(9)8-3-4-8/h5-6,8H,3-4H2,1-2H3. The summed E-state index contributed by atoms with van der Waals surface area (Å²) < 4.78 is 28.3. The molecule has 0 spiro atoms. The van der Waals surface area contributed by atoms with Gasteiger partial charge in [-0.3, -0.25) is 0 Å². The summed E-state index contributed by atoms with van der Waals surface area (Å²) in [5.41, 5.74) is 2.24. The number of rotatable bonds is 3. The van der Waals surface area contributed by atoms with Gasteiger partial charge in [0, 0.05) is 24.4 Å². The molecule has 100 valence electrons. The van der Waals surface area contributed by atoms with Gasteiger partial charge in [-0.2, -0.15) is 0 Å². The highest BCUT2D eigenvalue weighted by atomic mass is 32.2. The van der Waals surface area contributed by atoms with E-state index in [2.05, 4.69) is 15.1 Å². The lowest BCUT2D eigenvalue weighted by molar-refractivity contribution is 0.426. The number of hydrogen-bond acceptors (Lipinski definition) is 6. The van der Waals surface area contributed by atoms with Crippen LogP contribution in [0, 0.1) is 6.92 Å². The largest absolute Gasteiger partial charge is 0.356 e. The molecular formula is C12H13N3O3S. The van der Waals surface area contributed by atoms with Gasteiger partial charge in [0.2, 0.25) is 15.0 Å². The summed E-state index contributed by atoms with van der Waals surface area (Å²) in [4.78, 5) is 8.12. The van der Waals surface area contributed by atoms with Crippen molar-refractivity contribution >= 4 is 9.84 Å². The Kier molecular flexibility index (Phi) is 2.67. The minimum absolute atomic E-state index is 0.130. The summed E-state index contributed by atoms with van der Waals surface area (Å²) in [6.45, 7) is 1.83. The van der Waals surface area contributed by atoms with E-state index in [4.69, 9.17) is 4.52 Å². The minimum atomic E-state index is -3.39. The van der Waals surface area contributed by atoms with Gasteiger partial charge < -0.3 is 4.52 Å². The van der Waals surface area contributed by atoms with Crippen LogP contribution in [0.5, 0.6) is 0 Å². The number of hydrogen-bond donors (Lipinski definition) is 0. The van der Waals surface area contributed by atoms with E-state index < -0.39 is 9.84 Å². The molecule has 3 rings (SSSR count). The lowest BCUT2D eigenvalue weighted by Gasteiger charge is -2.05. The van der Waals surface area contributed by atoms with E-state index in [0.29, 0.717) is 11.7 Å². The Labute approximate surface area is 110 Å². The summed E-state index contributed by atoms with van der Waals surface area (Å²) in [5.74, 6) is 0.878. The first-order chi connectivity index (χ1) is 8.95. The Morgan fingerprint density at radius 2 is 2.11 bits per heavy atom. The molecule has 1 saturated carbocycles. The minimum Gasteiger partial charge on any atom is -0.356 e. The van der Waals surface area contributed by atoms with Gasteiger partial charge in [-0.25, -0.2) is 18.4 Å². The molecule has 19 heavy (non-hydrogen) atoms. The van der Waals surface area contributed by atoms with Gasteiger partial charge in [0.15, 0.2) is 5.76 Å². The zero-order valence-corrected chi connectivity index (χ0v) is 11.4. The highest BCUT2D eigenvalue weighted by molar-refractivity contribution is 7.90. The van der Waals surface area contributed by atoms with E-state index in [9.17, 15) is 8.42 Å². The second-order valence-corrected chi connectivity index (χ2v) is 6.74. The van der Waals surface area contributed by atoms with Crippen LogP contribution >= 0.6 is 0 Å². The van der Waals surface area contributed by atoms with Gasteiger partial charge in [0.25, 0.3) is 0 Å². The fraction of sp³-hybridized carbons (Fsp3) is 0.417.